The molecule has 0 aliphatic heterocycles. The summed E-state index contributed by atoms with van der Waals surface area (Å²) in [5.74, 6) is 0.326. The zero-order valence-electron chi connectivity index (χ0n) is 11.5. The fourth-order valence-corrected chi connectivity index (χ4v) is 1.69. The van der Waals surface area contributed by atoms with Crippen LogP contribution < -0.4 is 15.4 Å². The third-order valence-corrected chi connectivity index (χ3v) is 2.72. The lowest BCUT2D eigenvalue weighted by Gasteiger charge is -2.08. The summed E-state index contributed by atoms with van der Waals surface area (Å²) in [6.45, 7) is 0.955. The van der Waals surface area contributed by atoms with E-state index in [1.165, 1.54) is 12.1 Å². The molecule has 2 rings (SSSR count). The maximum absolute atomic E-state index is 12.7. The molecule has 4 nitrogen and oxygen atoms in total. The standard InChI is InChI=1S/C16H17FN2O2/c17-13-7-9-15(10-8-13)21-12-4-11-18-16(20)19-14-5-2-1-3-6-14/h1-3,5-10H,4,11-12H2,(H2,18,19,20). The third-order valence-electron chi connectivity index (χ3n) is 2.72. The van der Waals surface area contributed by atoms with Crippen molar-refractivity contribution in [3.8, 4) is 5.75 Å². The van der Waals surface area contributed by atoms with Crippen LogP contribution in [0.15, 0.2) is 54.6 Å². The Morgan fingerprint density at radius 1 is 1.05 bits per heavy atom. The molecule has 5 heteroatoms. The van der Waals surface area contributed by atoms with Crippen LogP contribution in [0.1, 0.15) is 6.42 Å². The van der Waals surface area contributed by atoms with Crippen LogP contribution >= 0.6 is 0 Å². The van der Waals surface area contributed by atoms with Crippen molar-refractivity contribution in [1.29, 1.82) is 0 Å². The molecule has 0 atom stereocenters. The van der Waals surface area contributed by atoms with Crippen LogP contribution in [0.5, 0.6) is 5.75 Å². The number of halogens is 1. The molecular weight excluding hydrogens is 271 g/mol. The molecule has 0 bridgehead atoms. The lowest BCUT2D eigenvalue weighted by Crippen LogP contribution is -2.30. The Labute approximate surface area is 122 Å². The van der Waals surface area contributed by atoms with E-state index in [1.807, 2.05) is 30.3 Å². The van der Waals surface area contributed by atoms with Crippen LogP contribution in [0, 0.1) is 5.82 Å². The molecule has 2 aromatic rings. The van der Waals surface area contributed by atoms with Gasteiger partial charge in [-0.1, -0.05) is 18.2 Å². The molecule has 0 fully saturated rings. The monoisotopic (exact) mass is 288 g/mol. The molecule has 0 heterocycles. The summed E-state index contributed by atoms with van der Waals surface area (Å²) in [7, 11) is 0. The van der Waals surface area contributed by atoms with Gasteiger partial charge in [0.25, 0.3) is 0 Å². The lowest BCUT2D eigenvalue weighted by molar-refractivity contribution is 0.250. The summed E-state index contributed by atoms with van der Waals surface area (Å²) in [4.78, 5) is 11.6. The summed E-state index contributed by atoms with van der Waals surface area (Å²) < 4.78 is 18.1. The van der Waals surface area contributed by atoms with Crippen molar-refractivity contribution in [2.75, 3.05) is 18.5 Å². The number of hydrogen-bond donors (Lipinski definition) is 2. The maximum atomic E-state index is 12.7. The Balaban J connectivity index is 1.59. The van der Waals surface area contributed by atoms with Crippen LogP contribution in [0.3, 0.4) is 0 Å². The van der Waals surface area contributed by atoms with Crippen molar-refractivity contribution < 1.29 is 13.9 Å². The minimum absolute atomic E-state index is 0.247. The summed E-state index contributed by atoms with van der Waals surface area (Å²) in [5, 5.41) is 5.46. The van der Waals surface area contributed by atoms with E-state index < -0.39 is 0 Å². The van der Waals surface area contributed by atoms with Crippen molar-refractivity contribution in [1.82, 2.24) is 5.32 Å². The van der Waals surface area contributed by atoms with Crippen LogP contribution in [0.2, 0.25) is 0 Å². The summed E-state index contributed by atoms with van der Waals surface area (Å²) in [6, 6.07) is 14.8. The van der Waals surface area contributed by atoms with Crippen molar-refractivity contribution in [2.45, 2.75) is 6.42 Å². The van der Waals surface area contributed by atoms with E-state index in [2.05, 4.69) is 10.6 Å². The average molecular weight is 288 g/mol. The molecule has 0 aliphatic carbocycles. The highest BCUT2D eigenvalue weighted by atomic mass is 19.1. The number of hydrogen-bond acceptors (Lipinski definition) is 2. The molecule has 0 spiro atoms. The first kappa shape index (κ1) is 14.8. The van der Waals surface area contributed by atoms with E-state index >= 15 is 0 Å². The van der Waals surface area contributed by atoms with Gasteiger partial charge in [0.15, 0.2) is 0 Å². The van der Waals surface area contributed by atoms with Crippen LogP contribution in [-0.4, -0.2) is 19.2 Å². The maximum Gasteiger partial charge on any atom is 0.319 e. The molecule has 110 valence electrons. The largest absolute Gasteiger partial charge is 0.494 e. The van der Waals surface area contributed by atoms with E-state index in [9.17, 15) is 9.18 Å². The van der Waals surface area contributed by atoms with E-state index in [0.29, 0.717) is 25.3 Å². The quantitative estimate of drug-likeness (QED) is 0.800. The van der Waals surface area contributed by atoms with Crippen molar-refractivity contribution >= 4 is 11.7 Å². The highest BCUT2D eigenvalue weighted by molar-refractivity contribution is 5.89. The molecule has 21 heavy (non-hydrogen) atoms. The Morgan fingerprint density at radius 2 is 1.76 bits per heavy atom. The minimum Gasteiger partial charge on any atom is -0.494 e. The first-order valence-corrected chi connectivity index (χ1v) is 6.72. The fourth-order valence-electron chi connectivity index (χ4n) is 1.69. The molecule has 0 saturated carbocycles. The first-order chi connectivity index (χ1) is 10.2. The Morgan fingerprint density at radius 3 is 2.48 bits per heavy atom. The third kappa shape index (κ3) is 5.52. The molecule has 0 aliphatic rings. The molecule has 2 N–H and O–H groups in total. The van der Waals surface area contributed by atoms with E-state index in [1.54, 1.807) is 12.1 Å². The van der Waals surface area contributed by atoms with Gasteiger partial charge in [0.2, 0.25) is 0 Å². The van der Waals surface area contributed by atoms with Crippen molar-refractivity contribution in [2.24, 2.45) is 0 Å². The number of anilines is 1. The molecule has 0 radical (unpaired) electrons. The number of carbonyl (C=O) groups excluding carboxylic acids is 1. The van der Waals surface area contributed by atoms with Crippen molar-refractivity contribution in [3.63, 3.8) is 0 Å². The van der Waals surface area contributed by atoms with Gasteiger partial charge in [0.1, 0.15) is 11.6 Å². The average Bonchev–Trinajstić information content (AvgIpc) is 2.50. The van der Waals surface area contributed by atoms with Gasteiger partial charge in [0.05, 0.1) is 6.61 Å². The smallest absolute Gasteiger partial charge is 0.319 e. The normalized spacial score (nSPS) is 9.95. The van der Waals surface area contributed by atoms with E-state index in [-0.39, 0.29) is 11.8 Å². The summed E-state index contributed by atoms with van der Waals surface area (Å²) in [6.07, 6.45) is 0.666. The Bertz CT molecular complexity index is 558. The molecular formula is C16H17FN2O2. The zero-order chi connectivity index (χ0) is 14.9. The SMILES string of the molecule is O=C(NCCCOc1ccc(F)cc1)Nc1ccccc1. The predicted molar refractivity (Wildman–Crippen MR) is 80.0 cm³/mol. The van der Waals surface area contributed by atoms with Gasteiger partial charge in [-0.2, -0.15) is 0 Å². The summed E-state index contributed by atoms with van der Waals surface area (Å²) in [5.41, 5.74) is 0.748. The second-order valence-corrected chi connectivity index (χ2v) is 4.40. The number of rotatable bonds is 6. The fraction of sp³-hybridized carbons (Fsp3) is 0.188. The first-order valence-electron chi connectivity index (χ1n) is 6.72. The number of para-hydroxylation sites is 1. The van der Waals surface area contributed by atoms with Crippen molar-refractivity contribution in [3.05, 3.63) is 60.4 Å². The number of amides is 2. The highest BCUT2D eigenvalue weighted by Gasteiger charge is 2.00. The highest BCUT2D eigenvalue weighted by Crippen LogP contribution is 2.11. The van der Waals surface area contributed by atoms with Gasteiger partial charge in [-0.15, -0.1) is 0 Å². The molecule has 0 saturated heterocycles. The van der Waals surface area contributed by atoms with E-state index in [4.69, 9.17) is 4.74 Å². The van der Waals surface area contributed by atoms with Gasteiger partial charge < -0.3 is 15.4 Å². The topological polar surface area (TPSA) is 50.4 Å². The molecule has 2 aromatic carbocycles. The number of nitrogens with one attached hydrogen (secondary N) is 2. The molecule has 0 aromatic heterocycles. The summed E-state index contributed by atoms with van der Waals surface area (Å²) >= 11 is 0. The number of ether oxygens (including phenoxy) is 1. The predicted octanol–water partition coefficient (Wildman–Crippen LogP) is 3.42. The molecule has 0 unspecified atom stereocenters. The van der Waals surface area contributed by atoms with Crippen LogP contribution in [-0.2, 0) is 0 Å². The van der Waals surface area contributed by atoms with Gasteiger partial charge in [0, 0.05) is 12.2 Å². The Kier molecular flexibility index (Phi) is 5.58. The van der Waals surface area contributed by atoms with Gasteiger partial charge in [-0.05, 0) is 42.8 Å². The number of benzene rings is 2. The zero-order valence-corrected chi connectivity index (χ0v) is 11.5. The Hall–Kier alpha value is -2.56. The number of urea groups is 1. The molecule has 2 amide bonds. The van der Waals surface area contributed by atoms with E-state index in [0.717, 1.165) is 5.69 Å². The lowest BCUT2D eigenvalue weighted by atomic mass is 10.3. The number of carbonyl (C=O) groups is 1. The van der Waals surface area contributed by atoms with Gasteiger partial charge >= 0.3 is 6.03 Å². The van der Waals surface area contributed by atoms with Crippen LogP contribution in [0.4, 0.5) is 14.9 Å². The minimum atomic E-state index is -0.290. The van der Waals surface area contributed by atoms with Gasteiger partial charge in [-0.25, -0.2) is 9.18 Å². The second kappa shape index (κ2) is 7.89. The van der Waals surface area contributed by atoms with Crippen LogP contribution in [0.25, 0.3) is 0 Å². The van der Waals surface area contributed by atoms with Gasteiger partial charge in [-0.3, -0.25) is 0 Å². The second-order valence-electron chi connectivity index (χ2n) is 4.40.